The van der Waals surface area contributed by atoms with E-state index in [1.807, 2.05) is 0 Å². The summed E-state index contributed by atoms with van der Waals surface area (Å²) in [5.74, 6) is -0.764. The maximum absolute atomic E-state index is 13.6. The predicted octanol–water partition coefficient (Wildman–Crippen LogP) is 3.96. The Kier molecular flexibility index (Phi) is 3.97. The lowest BCUT2D eigenvalue weighted by molar-refractivity contribution is 0.208. The second-order valence-corrected chi connectivity index (χ2v) is 6.92. The van der Waals surface area contributed by atoms with Crippen molar-refractivity contribution in [3.8, 4) is 0 Å². The second-order valence-electron chi connectivity index (χ2n) is 5.64. The summed E-state index contributed by atoms with van der Waals surface area (Å²) in [5, 5.41) is 0.157. The minimum Gasteiger partial charge on any atom is -0.326 e. The van der Waals surface area contributed by atoms with Crippen LogP contribution < -0.4 is 5.73 Å². The van der Waals surface area contributed by atoms with Crippen molar-refractivity contribution in [1.29, 1.82) is 0 Å². The molecule has 1 saturated carbocycles. The van der Waals surface area contributed by atoms with Crippen LogP contribution in [0.25, 0.3) is 0 Å². The van der Waals surface area contributed by atoms with E-state index < -0.39 is 5.82 Å². The molecule has 2 N–H and O–H groups in total. The van der Waals surface area contributed by atoms with E-state index in [9.17, 15) is 8.78 Å². The largest absolute Gasteiger partial charge is 0.326 e. The molecule has 1 aromatic rings. The van der Waals surface area contributed by atoms with E-state index in [1.165, 1.54) is 23.9 Å². The number of thioether (sulfide) groups is 1. The lowest BCUT2D eigenvalue weighted by Crippen LogP contribution is -2.48. The van der Waals surface area contributed by atoms with Crippen molar-refractivity contribution in [3.05, 3.63) is 29.8 Å². The Morgan fingerprint density at radius 2 is 2.06 bits per heavy atom. The quantitative estimate of drug-likeness (QED) is 0.881. The molecule has 1 aromatic carbocycles. The van der Waals surface area contributed by atoms with Crippen LogP contribution in [0.3, 0.4) is 0 Å². The molecule has 0 spiro atoms. The first-order chi connectivity index (χ1) is 8.40. The molecule has 1 fully saturated rings. The number of rotatable bonds is 2. The standard InChI is InChI=1S/C14H19F2NS/c1-14(2)7-3-4-11(13(14)17)18-12-8-9(15)5-6-10(12)16/h5-6,8,11,13H,3-4,7,17H2,1-2H3. The number of hydrogen-bond donors (Lipinski definition) is 1. The summed E-state index contributed by atoms with van der Waals surface area (Å²) in [4.78, 5) is 0.369. The zero-order valence-corrected chi connectivity index (χ0v) is 11.6. The Morgan fingerprint density at radius 3 is 2.78 bits per heavy atom. The Hall–Kier alpha value is -0.610. The minimum absolute atomic E-state index is 0.0129. The Morgan fingerprint density at radius 1 is 1.33 bits per heavy atom. The molecule has 0 bridgehead atoms. The van der Waals surface area contributed by atoms with Crippen molar-refractivity contribution in [3.63, 3.8) is 0 Å². The highest BCUT2D eigenvalue weighted by atomic mass is 32.2. The van der Waals surface area contributed by atoms with Gasteiger partial charge in [0, 0.05) is 16.2 Å². The third-order valence-electron chi connectivity index (χ3n) is 3.78. The van der Waals surface area contributed by atoms with E-state index in [0.717, 1.165) is 25.3 Å². The molecule has 0 aromatic heterocycles. The molecule has 1 aliphatic carbocycles. The second kappa shape index (κ2) is 5.17. The average Bonchev–Trinajstić information content (AvgIpc) is 2.30. The highest BCUT2D eigenvalue weighted by Crippen LogP contribution is 2.42. The van der Waals surface area contributed by atoms with Gasteiger partial charge in [-0.3, -0.25) is 0 Å². The molecular weight excluding hydrogens is 252 g/mol. The number of benzene rings is 1. The van der Waals surface area contributed by atoms with E-state index in [4.69, 9.17) is 5.73 Å². The highest BCUT2D eigenvalue weighted by Gasteiger charge is 2.37. The van der Waals surface area contributed by atoms with Crippen LogP contribution in [0.1, 0.15) is 33.1 Å². The number of hydrogen-bond acceptors (Lipinski definition) is 2. The third-order valence-corrected chi connectivity index (χ3v) is 5.18. The summed E-state index contributed by atoms with van der Waals surface area (Å²) in [6.07, 6.45) is 3.15. The highest BCUT2D eigenvalue weighted by molar-refractivity contribution is 8.00. The van der Waals surface area contributed by atoms with Gasteiger partial charge in [-0.2, -0.15) is 0 Å². The first kappa shape index (κ1) is 13.8. The summed E-state index contributed by atoms with van der Waals surface area (Å²) in [7, 11) is 0. The summed E-state index contributed by atoms with van der Waals surface area (Å²) in [6, 6.07) is 3.59. The molecule has 18 heavy (non-hydrogen) atoms. The third kappa shape index (κ3) is 2.86. The summed E-state index contributed by atoms with van der Waals surface area (Å²) >= 11 is 1.38. The van der Waals surface area contributed by atoms with Crippen molar-refractivity contribution in [2.75, 3.05) is 0 Å². The summed E-state index contributed by atoms with van der Waals surface area (Å²) < 4.78 is 26.8. The van der Waals surface area contributed by atoms with Crippen LogP contribution in [-0.4, -0.2) is 11.3 Å². The van der Waals surface area contributed by atoms with E-state index >= 15 is 0 Å². The molecule has 2 atom stereocenters. The van der Waals surface area contributed by atoms with E-state index in [2.05, 4.69) is 13.8 Å². The van der Waals surface area contributed by atoms with Crippen LogP contribution in [0.2, 0.25) is 0 Å². The molecule has 0 aliphatic heterocycles. The van der Waals surface area contributed by atoms with Gasteiger partial charge < -0.3 is 5.73 Å². The van der Waals surface area contributed by atoms with Crippen molar-refractivity contribution in [1.82, 2.24) is 0 Å². The van der Waals surface area contributed by atoms with E-state index in [1.54, 1.807) is 0 Å². The van der Waals surface area contributed by atoms with Crippen molar-refractivity contribution in [2.45, 2.75) is 49.3 Å². The van der Waals surface area contributed by atoms with Gasteiger partial charge in [0.2, 0.25) is 0 Å². The van der Waals surface area contributed by atoms with Crippen molar-refractivity contribution in [2.24, 2.45) is 11.1 Å². The Bertz CT molecular complexity index is 434. The molecule has 0 heterocycles. The molecule has 2 rings (SSSR count). The van der Waals surface area contributed by atoms with Gasteiger partial charge in [-0.1, -0.05) is 20.3 Å². The normalized spacial score (nSPS) is 27.2. The van der Waals surface area contributed by atoms with Crippen LogP contribution in [0, 0.1) is 17.0 Å². The van der Waals surface area contributed by atoms with Crippen LogP contribution in [0.5, 0.6) is 0 Å². The number of halogens is 2. The van der Waals surface area contributed by atoms with Gasteiger partial charge in [-0.15, -0.1) is 11.8 Å². The Labute approximate surface area is 111 Å². The van der Waals surface area contributed by atoms with Gasteiger partial charge in [0.1, 0.15) is 11.6 Å². The Balaban J connectivity index is 2.15. The van der Waals surface area contributed by atoms with E-state index in [0.29, 0.717) is 4.90 Å². The first-order valence-electron chi connectivity index (χ1n) is 6.27. The van der Waals surface area contributed by atoms with Gasteiger partial charge in [0.15, 0.2) is 0 Å². The molecule has 0 amide bonds. The average molecular weight is 271 g/mol. The topological polar surface area (TPSA) is 26.0 Å². The molecule has 0 radical (unpaired) electrons. The molecule has 1 nitrogen and oxygen atoms in total. The van der Waals surface area contributed by atoms with Crippen LogP contribution >= 0.6 is 11.8 Å². The van der Waals surface area contributed by atoms with Crippen LogP contribution in [0.4, 0.5) is 8.78 Å². The lowest BCUT2D eigenvalue weighted by Gasteiger charge is -2.41. The molecular formula is C14H19F2NS. The zero-order valence-electron chi connectivity index (χ0n) is 10.7. The first-order valence-corrected chi connectivity index (χ1v) is 7.15. The minimum atomic E-state index is -0.400. The van der Waals surface area contributed by atoms with Gasteiger partial charge in [-0.25, -0.2) is 8.78 Å². The number of nitrogens with two attached hydrogens (primary N) is 1. The monoisotopic (exact) mass is 271 g/mol. The smallest absolute Gasteiger partial charge is 0.136 e. The molecule has 100 valence electrons. The zero-order chi connectivity index (χ0) is 13.3. The molecule has 0 saturated heterocycles. The lowest BCUT2D eigenvalue weighted by atomic mass is 9.73. The van der Waals surface area contributed by atoms with Gasteiger partial charge in [0.25, 0.3) is 0 Å². The summed E-state index contributed by atoms with van der Waals surface area (Å²) in [6.45, 7) is 4.29. The van der Waals surface area contributed by atoms with Gasteiger partial charge in [-0.05, 0) is 36.5 Å². The molecule has 1 aliphatic rings. The maximum atomic E-state index is 13.6. The van der Waals surface area contributed by atoms with Crippen LogP contribution in [-0.2, 0) is 0 Å². The fraction of sp³-hybridized carbons (Fsp3) is 0.571. The van der Waals surface area contributed by atoms with Gasteiger partial charge in [0.05, 0.1) is 0 Å². The van der Waals surface area contributed by atoms with Gasteiger partial charge >= 0.3 is 0 Å². The fourth-order valence-electron chi connectivity index (χ4n) is 2.47. The van der Waals surface area contributed by atoms with Crippen molar-refractivity contribution >= 4 is 11.8 Å². The fourth-order valence-corrected chi connectivity index (χ4v) is 3.96. The predicted molar refractivity (Wildman–Crippen MR) is 71.6 cm³/mol. The SMILES string of the molecule is CC1(C)CCCC(Sc2cc(F)ccc2F)C1N. The maximum Gasteiger partial charge on any atom is 0.136 e. The van der Waals surface area contributed by atoms with Crippen molar-refractivity contribution < 1.29 is 8.78 Å². The van der Waals surface area contributed by atoms with Crippen LogP contribution in [0.15, 0.2) is 23.1 Å². The summed E-state index contributed by atoms with van der Waals surface area (Å²) in [5.41, 5.74) is 6.32. The molecule has 4 heteroatoms. The van der Waals surface area contributed by atoms with E-state index in [-0.39, 0.29) is 22.5 Å². The molecule has 2 unspecified atom stereocenters.